The molecule has 1 saturated carbocycles. The number of hydrogen-bond acceptors (Lipinski definition) is 3. The van der Waals surface area contributed by atoms with Gasteiger partial charge in [0.2, 0.25) is 0 Å². The summed E-state index contributed by atoms with van der Waals surface area (Å²) < 4.78 is 32.4. The second-order valence-electron chi connectivity index (χ2n) is 7.61. The predicted octanol–water partition coefficient (Wildman–Crippen LogP) is 3.32. The molecule has 5 rings (SSSR count). The first-order chi connectivity index (χ1) is 14.5. The maximum Gasteiger partial charge on any atom is 0.337 e. The average molecular weight is 408 g/mol. The molecule has 30 heavy (non-hydrogen) atoms. The third kappa shape index (κ3) is 2.87. The number of fused-ring (bicyclic) bond motifs is 1. The fraction of sp³-hybridized carbons (Fsp3) is 0.227. The number of benzene rings is 2. The van der Waals surface area contributed by atoms with E-state index in [0.717, 1.165) is 18.4 Å². The molecule has 0 radical (unpaired) electrons. The van der Waals surface area contributed by atoms with Gasteiger partial charge in [0.15, 0.2) is 11.2 Å². The molecule has 2 aromatic heterocycles. The Hall–Kier alpha value is -3.55. The van der Waals surface area contributed by atoms with Gasteiger partial charge in [-0.05, 0) is 49.6 Å². The number of imidazole rings is 1. The average Bonchev–Trinajstić information content (AvgIpc) is 3.45. The summed E-state index contributed by atoms with van der Waals surface area (Å²) in [7, 11) is 0. The minimum Gasteiger partial charge on any atom is -0.320 e. The molecule has 1 fully saturated rings. The second kappa shape index (κ2) is 6.76. The molecule has 0 spiro atoms. The lowest BCUT2D eigenvalue weighted by Crippen LogP contribution is -2.39. The molecular weight excluding hydrogens is 390 g/mol. The van der Waals surface area contributed by atoms with Gasteiger partial charge in [0.1, 0.15) is 11.6 Å². The fourth-order valence-electron chi connectivity index (χ4n) is 3.78. The minimum atomic E-state index is -0.702. The zero-order valence-corrected chi connectivity index (χ0v) is 16.2. The Morgan fingerprint density at radius 3 is 2.43 bits per heavy atom. The molecular formula is C22H18F2N4O2. The van der Waals surface area contributed by atoms with Crippen LogP contribution in [-0.2, 0) is 6.54 Å². The van der Waals surface area contributed by atoms with Gasteiger partial charge in [-0.2, -0.15) is 0 Å². The van der Waals surface area contributed by atoms with Crippen molar-refractivity contribution in [3.05, 3.63) is 92.4 Å². The third-order valence-electron chi connectivity index (χ3n) is 5.41. The van der Waals surface area contributed by atoms with Gasteiger partial charge in [0, 0.05) is 11.6 Å². The smallest absolute Gasteiger partial charge is 0.320 e. The van der Waals surface area contributed by atoms with E-state index in [9.17, 15) is 18.4 Å². The number of aryl methyl sites for hydroxylation is 1. The van der Waals surface area contributed by atoms with Crippen molar-refractivity contribution in [2.75, 3.05) is 0 Å². The van der Waals surface area contributed by atoms with E-state index < -0.39 is 22.9 Å². The van der Waals surface area contributed by atoms with Crippen molar-refractivity contribution in [3.8, 4) is 5.69 Å². The Labute approximate surface area is 169 Å². The highest BCUT2D eigenvalue weighted by Gasteiger charge is 2.30. The number of halogens is 2. The molecule has 1 aliphatic rings. The summed E-state index contributed by atoms with van der Waals surface area (Å²) in [4.78, 5) is 30.7. The van der Waals surface area contributed by atoms with Crippen LogP contribution < -0.4 is 11.2 Å². The van der Waals surface area contributed by atoms with Crippen molar-refractivity contribution in [1.82, 2.24) is 18.7 Å². The van der Waals surface area contributed by atoms with Gasteiger partial charge in [-0.3, -0.25) is 9.36 Å². The van der Waals surface area contributed by atoms with Crippen molar-refractivity contribution in [3.63, 3.8) is 0 Å². The molecule has 2 aromatic carbocycles. The largest absolute Gasteiger partial charge is 0.337 e. The summed E-state index contributed by atoms with van der Waals surface area (Å²) in [6.07, 6.45) is 2.83. The zero-order valence-electron chi connectivity index (χ0n) is 16.2. The van der Waals surface area contributed by atoms with Crippen LogP contribution in [0.2, 0.25) is 0 Å². The molecule has 1 aliphatic carbocycles. The molecule has 8 heteroatoms. The SMILES string of the molecule is Cc1cccc(-n2c(=O)n(C3CC3)c(=O)c3c2ncn3Cc2c(F)cccc2F)c1. The van der Waals surface area contributed by atoms with Crippen molar-refractivity contribution in [2.24, 2.45) is 0 Å². The van der Waals surface area contributed by atoms with Crippen LogP contribution >= 0.6 is 0 Å². The second-order valence-corrected chi connectivity index (χ2v) is 7.61. The highest BCUT2D eigenvalue weighted by Crippen LogP contribution is 2.32. The van der Waals surface area contributed by atoms with Crippen LogP contribution in [0.15, 0.2) is 58.4 Å². The fourth-order valence-corrected chi connectivity index (χ4v) is 3.78. The third-order valence-corrected chi connectivity index (χ3v) is 5.41. The lowest BCUT2D eigenvalue weighted by molar-refractivity contribution is 0.545. The van der Waals surface area contributed by atoms with E-state index in [-0.39, 0.29) is 29.3 Å². The first kappa shape index (κ1) is 18.5. The zero-order chi connectivity index (χ0) is 21.0. The molecule has 0 saturated heterocycles. The molecule has 0 bridgehead atoms. The minimum absolute atomic E-state index is 0.144. The highest BCUT2D eigenvalue weighted by molar-refractivity contribution is 5.72. The van der Waals surface area contributed by atoms with Crippen LogP contribution in [0.25, 0.3) is 16.9 Å². The molecule has 0 unspecified atom stereocenters. The van der Waals surface area contributed by atoms with Gasteiger partial charge in [-0.1, -0.05) is 18.2 Å². The van der Waals surface area contributed by atoms with Crippen LogP contribution in [0.1, 0.15) is 30.0 Å². The van der Waals surface area contributed by atoms with E-state index in [1.807, 2.05) is 25.1 Å². The predicted molar refractivity (Wildman–Crippen MR) is 108 cm³/mol. The molecule has 0 aliphatic heterocycles. The van der Waals surface area contributed by atoms with E-state index in [4.69, 9.17) is 0 Å². The van der Waals surface area contributed by atoms with Gasteiger partial charge in [0.05, 0.1) is 18.6 Å². The molecule has 152 valence electrons. The van der Waals surface area contributed by atoms with Gasteiger partial charge < -0.3 is 4.57 Å². The molecule has 0 N–H and O–H groups in total. The van der Waals surface area contributed by atoms with Crippen molar-refractivity contribution in [2.45, 2.75) is 32.4 Å². The van der Waals surface area contributed by atoms with Gasteiger partial charge in [-0.15, -0.1) is 0 Å². The van der Waals surface area contributed by atoms with Crippen molar-refractivity contribution < 1.29 is 8.78 Å². The van der Waals surface area contributed by atoms with Crippen molar-refractivity contribution in [1.29, 1.82) is 0 Å². The maximum absolute atomic E-state index is 14.2. The summed E-state index contributed by atoms with van der Waals surface area (Å²) in [5, 5.41) is 0. The number of hydrogen-bond donors (Lipinski definition) is 0. The molecule has 6 nitrogen and oxygen atoms in total. The quantitative estimate of drug-likeness (QED) is 0.521. The maximum atomic E-state index is 14.2. The van der Waals surface area contributed by atoms with Crippen LogP contribution in [0.3, 0.4) is 0 Å². The first-order valence-corrected chi connectivity index (χ1v) is 9.68. The Kier molecular flexibility index (Phi) is 4.16. The van der Waals surface area contributed by atoms with E-state index in [1.165, 1.54) is 38.2 Å². The number of rotatable bonds is 4. The molecule has 0 atom stereocenters. The Balaban J connectivity index is 1.80. The van der Waals surface area contributed by atoms with E-state index in [0.29, 0.717) is 5.69 Å². The van der Waals surface area contributed by atoms with Crippen LogP contribution in [0.4, 0.5) is 8.78 Å². The number of aromatic nitrogens is 4. The van der Waals surface area contributed by atoms with Crippen LogP contribution in [0, 0.1) is 18.6 Å². The lowest BCUT2D eigenvalue weighted by atomic mass is 10.2. The summed E-state index contributed by atoms with van der Waals surface area (Å²) in [5.41, 5.74) is 0.738. The van der Waals surface area contributed by atoms with Gasteiger partial charge in [-0.25, -0.2) is 23.1 Å². The standard InChI is InChI=1S/C22H18F2N4O2/c1-13-4-2-5-15(10-13)27-20-19(21(29)28(22(27)30)14-8-9-14)26(12-25-20)11-16-17(23)6-3-7-18(16)24/h2-7,10,12,14H,8-9,11H2,1H3. The lowest BCUT2D eigenvalue weighted by Gasteiger charge is -2.13. The van der Waals surface area contributed by atoms with E-state index >= 15 is 0 Å². The molecule has 2 heterocycles. The van der Waals surface area contributed by atoms with Gasteiger partial charge >= 0.3 is 5.69 Å². The monoisotopic (exact) mass is 408 g/mol. The van der Waals surface area contributed by atoms with Gasteiger partial charge in [0.25, 0.3) is 5.56 Å². The summed E-state index contributed by atoms with van der Waals surface area (Å²) in [5.74, 6) is -1.40. The van der Waals surface area contributed by atoms with E-state index in [1.54, 1.807) is 6.07 Å². The van der Waals surface area contributed by atoms with Crippen LogP contribution in [-0.4, -0.2) is 18.7 Å². The topological polar surface area (TPSA) is 61.8 Å². The summed E-state index contributed by atoms with van der Waals surface area (Å²) in [6.45, 7) is 1.70. The Morgan fingerprint density at radius 1 is 1.07 bits per heavy atom. The Bertz CT molecular complexity index is 1390. The highest BCUT2D eigenvalue weighted by atomic mass is 19.1. The first-order valence-electron chi connectivity index (χ1n) is 9.68. The Morgan fingerprint density at radius 2 is 1.77 bits per heavy atom. The van der Waals surface area contributed by atoms with Crippen LogP contribution in [0.5, 0.6) is 0 Å². The summed E-state index contributed by atoms with van der Waals surface area (Å²) >= 11 is 0. The molecule has 4 aromatic rings. The normalized spacial score (nSPS) is 13.8. The molecule has 0 amide bonds. The number of nitrogens with zero attached hydrogens (tertiary/aromatic N) is 4. The van der Waals surface area contributed by atoms with Crippen molar-refractivity contribution >= 4 is 11.2 Å². The van der Waals surface area contributed by atoms with E-state index in [2.05, 4.69) is 4.98 Å². The summed E-state index contributed by atoms with van der Waals surface area (Å²) in [6, 6.07) is 10.8.